The number of thioether (sulfide) groups is 1. The van der Waals surface area contributed by atoms with Crippen LogP contribution in [0.15, 0.2) is 48.5 Å². The van der Waals surface area contributed by atoms with E-state index in [1.54, 1.807) is 34.9 Å². The van der Waals surface area contributed by atoms with E-state index in [9.17, 15) is 9.18 Å². The third-order valence-electron chi connectivity index (χ3n) is 3.63. The van der Waals surface area contributed by atoms with Gasteiger partial charge in [-0.05, 0) is 25.1 Å². The smallest absolute Gasteiger partial charge is 0.308 e. The fraction of sp³-hybridized carbons (Fsp3) is 0.235. The van der Waals surface area contributed by atoms with Gasteiger partial charge in [-0.25, -0.2) is 9.18 Å². The Labute approximate surface area is 133 Å². The summed E-state index contributed by atoms with van der Waals surface area (Å²) in [6.07, 6.45) is 0. The second kappa shape index (κ2) is 6.40. The van der Waals surface area contributed by atoms with Gasteiger partial charge in [0.25, 0.3) is 0 Å². The molecule has 0 saturated carbocycles. The highest BCUT2D eigenvalue weighted by Gasteiger charge is 2.32. The molecule has 1 fully saturated rings. The number of nitrogens with one attached hydrogen (secondary N) is 1. The fourth-order valence-corrected chi connectivity index (χ4v) is 3.72. The minimum atomic E-state index is -0.272. The van der Waals surface area contributed by atoms with Crippen LogP contribution in [-0.4, -0.2) is 23.2 Å². The lowest BCUT2D eigenvalue weighted by molar-refractivity contribution is 0.213. The average Bonchev–Trinajstić information content (AvgIpc) is 2.99. The SMILES string of the molecule is Cc1ccc(NC(=O)N2CCS[C@@H]2c2ccccc2F)cc1. The molecule has 0 aliphatic carbocycles. The molecule has 0 unspecified atom stereocenters. The highest BCUT2D eigenvalue weighted by molar-refractivity contribution is 7.99. The molecule has 114 valence electrons. The molecule has 1 N–H and O–H groups in total. The van der Waals surface area contributed by atoms with Gasteiger partial charge in [0, 0.05) is 23.5 Å². The minimum absolute atomic E-state index is 0.192. The highest BCUT2D eigenvalue weighted by atomic mass is 32.2. The van der Waals surface area contributed by atoms with E-state index >= 15 is 0 Å². The van der Waals surface area contributed by atoms with Crippen LogP contribution in [0.3, 0.4) is 0 Å². The Kier molecular flexibility index (Phi) is 4.34. The molecule has 1 aliphatic rings. The molecule has 5 heteroatoms. The lowest BCUT2D eigenvalue weighted by Crippen LogP contribution is -2.34. The predicted molar refractivity (Wildman–Crippen MR) is 88.5 cm³/mol. The maximum Gasteiger partial charge on any atom is 0.323 e. The van der Waals surface area contributed by atoms with Gasteiger partial charge in [0.2, 0.25) is 0 Å². The summed E-state index contributed by atoms with van der Waals surface area (Å²) < 4.78 is 14.0. The van der Waals surface area contributed by atoms with Crippen LogP contribution in [0.25, 0.3) is 0 Å². The summed E-state index contributed by atoms with van der Waals surface area (Å²) in [4.78, 5) is 14.2. The van der Waals surface area contributed by atoms with E-state index in [0.717, 1.165) is 17.0 Å². The van der Waals surface area contributed by atoms with Crippen molar-refractivity contribution in [1.29, 1.82) is 0 Å². The van der Waals surface area contributed by atoms with Crippen LogP contribution in [-0.2, 0) is 0 Å². The Morgan fingerprint density at radius 3 is 2.68 bits per heavy atom. The molecule has 0 spiro atoms. The van der Waals surface area contributed by atoms with Crippen molar-refractivity contribution in [3.05, 3.63) is 65.5 Å². The summed E-state index contributed by atoms with van der Waals surface area (Å²) in [6.45, 7) is 2.61. The fourth-order valence-electron chi connectivity index (χ4n) is 2.44. The van der Waals surface area contributed by atoms with Crippen LogP contribution < -0.4 is 5.32 Å². The van der Waals surface area contributed by atoms with Crippen molar-refractivity contribution in [2.75, 3.05) is 17.6 Å². The molecule has 2 aromatic rings. The van der Waals surface area contributed by atoms with Gasteiger partial charge < -0.3 is 10.2 Å². The van der Waals surface area contributed by atoms with Gasteiger partial charge in [0.1, 0.15) is 11.2 Å². The molecule has 1 aliphatic heterocycles. The number of aryl methyl sites for hydroxylation is 1. The Hall–Kier alpha value is -2.01. The summed E-state index contributed by atoms with van der Waals surface area (Å²) in [7, 11) is 0. The monoisotopic (exact) mass is 316 g/mol. The van der Waals surface area contributed by atoms with Crippen LogP contribution in [0.4, 0.5) is 14.9 Å². The summed E-state index contributed by atoms with van der Waals surface area (Å²) in [5.41, 5.74) is 2.45. The number of anilines is 1. The van der Waals surface area contributed by atoms with Crippen molar-refractivity contribution in [3.63, 3.8) is 0 Å². The number of rotatable bonds is 2. The topological polar surface area (TPSA) is 32.3 Å². The first-order valence-electron chi connectivity index (χ1n) is 7.15. The molecule has 3 rings (SSSR count). The highest BCUT2D eigenvalue weighted by Crippen LogP contribution is 2.39. The normalized spacial score (nSPS) is 17.5. The van der Waals surface area contributed by atoms with Gasteiger partial charge in [-0.2, -0.15) is 0 Å². The van der Waals surface area contributed by atoms with Crippen molar-refractivity contribution < 1.29 is 9.18 Å². The van der Waals surface area contributed by atoms with Crippen LogP contribution in [0.2, 0.25) is 0 Å². The number of urea groups is 1. The van der Waals surface area contributed by atoms with Gasteiger partial charge in [-0.15, -0.1) is 11.8 Å². The first kappa shape index (κ1) is 14.9. The van der Waals surface area contributed by atoms with Crippen LogP contribution in [0.5, 0.6) is 0 Å². The number of carbonyl (C=O) groups excluding carboxylic acids is 1. The van der Waals surface area contributed by atoms with Crippen molar-refractivity contribution in [1.82, 2.24) is 4.90 Å². The molecule has 2 aromatic carbocycles. The van der Waals surface area contributed by atoms with E-state index in [4.69, 9.17) is 0 Å². The van der Waals surface area contributed by atoms with Gasteiger partial charge in [-0.1, -0.05) is 35.9 Å². The lowest BCUT2D eigenvalue weighted by atomic mass is 10.2. The number of hydrogen-bond acceptors (Lipinski definition) is 2. The number of amides is 2. The second-order valence-corrected chi connectivity index (χ2v) is 6.42. The number of nitrogens with zero attached hydrogens (tertiary/aromatic N) is 1. The summed E-state index contributed by atoms with van der Waals surface area (Å²) in [5, 5.41) is 2.61. The molecular weight excluding hydrogens is 299 g/mol. The van der Waals surface area contributed by atoms with E-state index < -0.39 is 0 Å². The number of hydrogen-bond donors (Lipinski definition) is 1. The zero-order valence-electron chi connectivity index (χ0n) is 12.3. The Morgan fingerprint density at radius 1 is 1.23 bits per heavy atom. The average molecular weight is 316 g/mol. The quantitative estimate of drug-likeness (QED) is 0.890. The number of halogens is 1. The molecule has 0 aromatic heterocycles. The lowest BCUT2D eigenvalue weighted by Gasteiger charge is -2.24. The predicted octanol–water partition coefficient (Wildman–Crippen LogP) is 4.41. The number of carbonyl (C=O) groups is 1. The van der Waals surface area contributed by atoms with Crippen LogP contribution >= 0.6 is 11.8 Å². The third kappa shape index (κ3) is 3.09. The van der Waals surface area contributed by atoms with E-state index in [2.05, 4.69) is 5.32 Å². The van der Waals surface area contributed by atoms with Gasteiger partial charge in [0.05, 0.1) is 0 Å². The van der Waals surface area contributed by atoms with E-state index in [-0.39, 0.29) is 17.2 Å². The van der Waals surface area contributed by atoms with E-state index in [0.29, 0.717) is 12.1 Å². The maximum absolute atomic E-state index is 14.0. The zero-order chi connectivity index (χ0) is 15.5. The second-order valence-electron chi connectivity index (χ2n) is 5.23. The Bertz CT molecular complexity index is 675. The number of benzene rings is 2. The largest absolute Gasteiger partial charge is 0.323 e. The molecule has 0 radical (unpaired) electrons. The summed E-state index contributed by atoms with van der Waals surface area (Å²) >= 11 is 1.58. The summed E-state index contributed by atoms with van der Waals surface area (Å²) in [5.74, 6) is 0.537. The third-order valence-corrected chi connectivity index (χ3v) is 4.87. The molecule has 1 saturated heterocycles. The van der Waals surface area contributed by atoms with Crippen molar-refractivity contribution in [3.8, 4) is 0 Å². The van der Waals surface area contributed by atoms with Gasteiger partial charge >= 0.3 is 6.03 Å². The molecular formula is C17H17FN2OS. The summed E-state index contributed by atoms with van der Waals surface area (Å²) in [6, 6.07) is 14.1. The molecule has 2 amide bonds. The van der Waals surface area contributed by atoms with Gasteiger partial charge in [0.15, 0.2) is 0 Å². The van der Waals surface area contributed by atoms with Crippen molar-refractivity contribution >= 4 is 23.5 Å². The molecule has 3 nitrogen and oxygen atoms in total. The van der Waals surface area contributed by atoms with Crippen LogP contribution in [0, 0.1) is 12.7 Å². The Morgan fingerprint density at radius 2 is 1.95 bits per heavy atom. The van der Waals surface area contributed by atoms with E-state index in [1.807, 2.05) is 31.2 Å². The standard InChI is InChI=1S/C17H17FN2OS/c1-12-6-8-13(9-7-12)19-17(21)20-10-11-22-16(20)14-4-2-3-5-15(14)18/h2-9,16H,10-11H2,1H3,(H,19,21)/t16-/m1/s1. The molecule has 22 heavy (non-hydrogen) atoms. The maximum atomic E-state index is 14.0. The molecule has 1 atom stereocenters. The molecule has 1 heterocycles. The minimum Gasteiger partial charge on any atom is -0.308 e. The van der Waals surface area contributed by atoms with Gasteiger partial charge in [-0.3, -0.25) is 0 Å². The van der Waals surface area contributed by atoms with E-state index in [1.165, 1.54) is 6.07 Å². The molecule has 0 bridgehead atoms. The zero-order valence-corrected chi connectivity index (χ0v) is 13.1. The van der Waals surface area contributed by atoms with Crippen molar-refractivity contribution in [2.24, 2.45) is 0 Å². The first-order chi connectivity index (χ1) is 10.6. The Balaban J connectivity index is 1.76. The van der Waals surface area contributed by atoms with Crippen LogP contribution in [0.1, 0.15) is 16.5 Å². The first-order valence-corrected chi connectivity index (χ1v) is 8.20. The van der Waals surface area contributed by atoms with Crippen molar-refractivity contribution in [2.45, 2.75) is 12.3 Å².